The van der Waals surface area contributed by atoms with Crippen LogP contribution in [0.1, 0.15) is 45.4 Å². The molecule has 0 saturated heterocycles. The molecule has 1 aromatic heterocycles. The number of fused-ring (bicyclic) bond motifs is 1. The highest BCUT2D eigenvalue weighted by Crippen LogP contribution is 2.47. The van der Waals surface area contributed by atoms with Crippen molar-refractivity contribution in [1.82, 2.24) is 4.90 Å². The van der Waals surface area contributed by atoms with Crippen molar-refractivity contribution in [3.63, 3.8) is 0 Å². The number of thiophene rings is 1. The molecule has 1 atom stereocenters. The van der Waals surface area contributed by atoms with Crippen LogP contribution in [0.5, 0.6) is 23.0 Å². The molecule has 0 spiro atoms. The SMILES string of the molecule is C=C(/C=C\C1=CCN(C2CCC(=O)CC2=O)C1=O)OC.CCOCCCOCCCCOc1ccc(Oc2c(-c3ccc(Br)cc3)sc3cc(O)ccc23)cc1. The van der Waals surface area contributed by atoms with Gasteiger partial charge in [0.25, 0.3) is 5.91 Å². The van der Waals surface area contributed by atoms with Gasteiger partial charge in [-0.1, -0.05) is 40.7 Å². The van der Waals surface area contributed by atoms with Crippen LogP contribution in [0, 0.1) is 0 Å². The van der Waals surface area contributed by atoms with Crippen LogP contribution in [-0.4, -0.2) is 80.2 Å². The van der Waals surface area contributed by atoms with Gasteiger partial charge in [-0.05, 0) is 105 Å². The van der Waals surface area contributed by atoms with Crippen molar-refractivity contribution >= 4 is 54.8 Å². The summed E-state index contributed by atoms with van der Waals surface area (Å²) >= 11 is 5.10. The molecule has 1 aliphatic heterocycles. The quantitative estimate of drug-likeness (QED) is 0.0452. The lowest BCUT2D eigenvalue weighted by Crippen LogP contribution is -2.46. The number of amides is 1. The first kappa shape index (κ1) is 42.4. The first-order valence-corrected chi connectivity index (χ1v) is 20.3. The summed E-state index contributed by atoms with van der Waals surface area (Å²) in [7, 11) is 1.50. The Kier molecular flexibility index (Phi) is 16.3. The Labute approximate surface area is 340 Å². The number of carbonyl (C=O) groups is 3. The normalized spacial score (nSPS) is 15.6. The summed E-state index contributed by atoms with van der Waals surface area (Å²) in [5, 5.41) is 10.9. The van der Waals surface area contributed by atoms with Crippen LogP contribution in [0.3, 0.4) is 0 Å². The molecule has 0 radical (unpaired) electrons. The monoisotopic (exact) mass is 845 g/mol. The van der Waals surface area contributed by atoms with E-state index in [0.717, 1.165) is 87.9 Å². The van der Waals surface area contributed by atoms with Crippen molar-refractivity contribution < 1.29 is 43.2 Å². The van der Waals surface area contributed by atoms with Crippen LogP contribution < -0.4 is 9.47 Å². The number of phenolic OH excluding ortho intramolecular Hbond substituents is 1. The number of allylic oxidation sites excluding steroid dienone is 1. The molecule has 1 N–H and O–H groups in total. The Morgan fingerprint density at radius 1 is 0.946 bits per heavy atom. The lowest BCUT2D eigenvalue weighted by atomic mass is 9.92. The van der Waals surface area contributed by atoms with Gasteiger partial charge in [-0.3, -0.25) is 14.4 Å². The summed E-state index contributed by atoms with van der Waals surface area (Å²) in [4.78, 5) is 37.9. The highest BCUT2D eigenvalue weighted by molar-refractivity contribution is 9.10. The van der Waals surface area contributed by atoms with Gasteiger partial charge in [0.2, 0.25) is 0 Å². The zero-order chi connectivity index (χ0) is 39.9. The van der Waals surface area contributed by atoms with Gasteiger partial charge in [0.1, 0.15) is 28.8 Å². The van der Waals surface area contributed by atoms with Crippen LogP contribution in [0.25, 0.3) is 20.5 Å². The van der Waals surface area contributed by atoms with E-state index in [1.165, 1.54) is 12.0 Å². The molecule has 56 heavy (non-hydrogen) atoms. The van der Waals surface area contributed by atoms with Crippen LogP contribution in [0.4, 0.5) is 0 Å². The maximum atomic E-state index is 12.2. The average molecular weight is 847 g/mol. The Morgan fingerprint density at radius 3 is 2.39 bits per heavy atom. The first-order valence-electron chi connectivity index (χ1n) is 18.7. The number of benzene rings is 3. The number of halogens is 1. The highest BCUT2D eigenvalue weighted by Gasteiger charge is 2.36. The fourth-order valence-electron chi connectivity index (χ4n) is 6.06. The molecule has 3 aromatic carbocycles. The second-order valence-electron chi connectivity index (χ2n) is 13.1. The third-order valence-electron chi connectivity index (χ3n) is 9.05. The summed E-state index contributed by atoms with van der Waals surface area (Å²) in [6.07, 6.45) is 8.60. The number of ketones is 2. The molecule has 1 unspecified atom stereocenters. The fraction of sp³-hybridized carbons (Fsp3) is 0.341. The van der Waals surface area contributed by atoms with Crippen molar-refractivity contribution in [2.45, 2.75) is 51.5 Å². The third kappa shape index (κ3) is 12.1. The number of hydrogen-bond acceptors (Lipinski definition) is 10. The smallest absolute Gasteiger partial charge is 0.254 e. The number of unbranched alkanes of at least 4 members (excludes halogenated alkanes) is 1. The topological polar surface area (TPSA) is 121 Å². The van der Waals surface area contributed by atoms with Crippen LogP contribution in [0.15, 0.2) is 107 Å². The zero-order valence-electron chi connectivity index (χ0n) is 31.8. The number of methoxy groups -OCH3 is 1. The molecule has 1 saturated carbocycles. The number of Topliss-reactive ketones (excluding diaryl/α,β-unsaturated/α-hetero) is 2. The molecule has 2 heterocycles. The van der Waals surface area contributed by atoms with E-state index >= 15 is 0 Å². The Bertz CT molecular complexity index is 2020. The molecule has 4 aromatic rings. The minimum atomic E-state index is -0.465. The maximum absolute atomic E-state index is 12.2. The van der Waals surface area contributed by atoms with Gasteiger partial charge in [0.05, 0.1) is 31.1 Å². The minimum absolute atomic E-state index is 0.0395. The molecular formula is C44H48BrNO9S. The van der Waals surface area contributed by atoms with Crippen molar-refractivity contribution in [2.75, 3.05) is 46.7 Å². The maximum Gasteiger partial charge on any atom is 0.254 e. The predicted molar refractivity (Wildman–Crippen MR) is 223 cm³/mol. The average Bonchev–Trinajstić information content (AvgIpc) is 3.74. The molecular weight excluding hydrogens is 798 g/mol. The van der Waals surface area contributed by atoms with Crippen molar-refractivity contribution in [3.05, 3.63) is 107 Å². The lowest BCUT2D eigenvalue weighted by Gasteiger charge is -2.29. The molecule has 6 rings (SSSR count). The fourth-order valence-corrected chi connectivity index (χ4v) is 7.50. The van der Waals surface area contributed by atoms with Gasteiger partial charge in [0, 0.05) is 59.5 Å². The standard InChI is InChI=1S/C29H31BrO5S.C15H17NO4/c1-2-32-17-5-18-33-16-3-4-19-34-24-11-13-25(14-12-24)35-28-26-15-10-23(31)20-27(26)36-29(28)21-6-8-22(30)9-7-21;1-10(20-2)3-4-11-7-8-16(15(11)19)13-6-5-12(17)9-14(13)18/h6-15,20,31H,2-5,16-19H2,1H3;3-4,7,13H,1,5-6,8-9H2,2H3/b;4-3-. The molecule has 2 aliphatic rings. The molecule has 1 aliphatic carbocycles. The van der Waals surface area contributed by atoms with Gasteiger partial charge in [-0.2, -0.15) is 0 Å². The summed E-state index contributed by atoms with van der Waals surface area (Å²) in [6, 6.07) is 20.8. The van der Waals surface area contributed by atoms with E-state index < -0.39 is 6.04 Å². The number of carbonyl (C=O) groups excluding carboxylic acids is 3. The molecule has 12 heteroatoms. The van der Waals surface area contributed by atoms with Crippen molar-refractivity contribution in [3.8, 4) is 33.4 Å². The van der Waals surface area contributed by atoms with Gasteiger partial charge in [0.15, 0.2) is 11.5 Å². The van der Waals surface area contributed by atoms with Gasteiger partial charge >= 0.3 is 0 Å². The molecule has 1 fully saturated rings. The molecule has 296 valence electrons. The van der Waals surface area contributed by atoms with Gasteiger partial charge in [-0.25, -0.2) is 0 Å². The number of ether oxygens (including phenoxy) is 5. The lowest BCUT2D eigenvalue weighted by molar-refractivity contribution is -0.140. The van der Waals surface area contributed by atoms with Gasteiger partial charge < -0.3 is 33.7 Å². The number of rotatable bonds is 18. The van der Waals surface area contributed by atoms with E-state index in [2.05, 4.69) is 34.6 Å². The summed E-state index contributed by atoms with van der Waals surface area (Å²) in [5.41, 5.74) is 1.58. The van der Waals surface area contributed by atoms with Crippen LogP contribution in [0.2, 0.25) is 0 Å². The first-order chi connectivity index (χ1) is 27.2. The summed E-state index contributed by atoms with van der Waals surface area (Å²) in [5.74, 6) is 2.65. The predicted octanol–water partition coefficient (Wildman–Crippen LogP) is 9.59. The highest BCUT2D eigenvalue weighted by atomic mass is 79.9. The summed E-state index contributed by atoms with van der Waals surface area (Å²) < 4.78 is 30.1. The van der Waals surface area contributed by atoms with E-state index in [0.29, 0.717) is 37.3 Å². The number of aromatic hydroxyl groups is 1. The van der Waals surface area contributed by atoms with E-state index in [1.807, 2.05) is 49.4 Å². The third-order valence-corrected chi connectivity index (χ3v) is 10.8. The zero-order valence-corrected chi connectivity index (χ0v) is 34.2. The number of phenols is 1. The van der Waals surface area contributed by atoms with E-state index in [4.69, 9.17) is 23.7 Å². The Morgan fingerprint density at radius 2 is 1.66 bits per heavy atom. The van der Waals surface area contributed by atoms with E-state index in [-0.39, 0.29) is 29.6 Å². The molecule has 0 bridgehead atoms. The van der Waals surface area contributed by atoms with Gasteiger partial charge in [-0.15, -0.1) is 11.3 Å². The minimum Gasteiger partial charge on any atom is -0.508 e. The van der Waals surface area contributed by atoms with E-state index in [9.17, 15) is 19.5 Å². The Hall–Kier alpha value is -4.75. The number of nitrogens with zero attached hydrogens (tertiary/aromatic N) is 1. The van der Waals surface area contributed by atoms with E-state index in [1.54, 1.807) is 41.7 Å². The second-order valence-corrected chi connectivity index (χ2v) is 15.1. The largest absolute Gasteiger partial charge is 0.508 e. The van der Waals surface area contributed by atoms with Crippen molar-refractivity contribution in [1.29, 1.82) is 0 Å². The number of hydrogen-bond donors (Lipinski definition) is 1. The summed E-state index contributed by atoms with van der Waals surface area (Å²) in [6.45, 7) is 9.70. The van der Waals surface area contributed by atoms with Crippen LogP contribution >= 0.6 is 27.3 Å². The van der Waals surface area contributed by atoms with Crippen molar-refractivity contribution in [2.24, 2.45) is 0 Å². The molecule has 1 amide bonds. The Balaban J connectivity index is 0.000000253. The van der Waals surface area contributed by atoms with Crippen LogP contribution in [-0.2, 0) is 28.6 Å². The molecule has 10 nitrogen and oxygen atoms in total. The second kappa shape index (κ2) is 21.5.